The van der Waals surface area contributed by atoms with E-state index in [0.29, 0.717) is 17.1 Å². The van der Waals surface area contributed by atoms with Crippen molar-refractivity contribution in [3.05, 3.63) is 58.1 Å². The van der Waals surface area contributed by atoms with E-state index in [1.54, 1.807) is 18.2 Å². The molecule has 0 radical (unpaired) electrons. The molecule has 0 aliphatic carbocycles. The van der Waals surface area contributed by atoms with Crippen LogP contribution in [-0.4, -0.2) is 0 Å². The van der Waals surface area contributed by atoms with Crippen molar-refractivity contribution in [1.29, 1.82) is 10.5 Å². The number of benzene rings is 2. The van der Waals surface area contributed by atoms with E-state index in [1.807, 2.05) is 45.0 Å². The van der Waals surface area contributed by atoms with Gasteiger partial charge in [0.25, 0.3) is 0 Å². The Balaban J connectivity index is 2.49. The van der Waals surface area contributed by atoms with Gasteiger partial charge in [0.05, 0.1) is 5.56 Å². The second-order valence-electron chi connectivity index (χ2n) is 4.71. The lowest BCUT2D eigenvalue weighted by Crippen LogP contribution is -1.94. The van der Waals surface area contributed by atoms with Gasteiger partial charge in [-0.25, -0.2) is 0 Å². The summed E-state index contributed by atoms with van der Waals surface area (Å²) in [6.07, 6.45) is 0. The van der Waals surface area contributed by atoms with Gasteiger partial charge >= 0.3 is 0 Å². The molecule has 0 bridgehead atoms. The molecule has 20 heavy (non-hydrogen) atoms. The molecule has 0 aliphatic rings. The standard InChI is InChI=1S/C17H14N2O/c1-11-7-13(3)17(8-12(11)2)20-16-6-4-5-14(9-18)15(16)10-19/h4-8H,1-3H3. The fraction of sp³-hybridized carbons (Fsp3) is 0.176. The summed E-state index contributed by atoms with van der Waals surface area (Å²) in [5.41, 5.74) is 3.92. The zero-order chi connectivity index (χ0) is 14.7. The Bertz CT molecular complexity index is 749. The molecule has 3 nitrogen and oxygen atoms in total. The molecule has 3 heteroatoms. The summed E-state index contributed by atoms with van der Waals surface area (Å²) in [6.45, 7) is 6.02. The Labute approximate surface area is 118 Å². The van der Waals surface area contributed by atoms with Crippen LogP contribution in [0.1, 0.15) is 27.8 Å². The van der Waals surface area contributed by atoms with Crippen molar-refractivity contribution in [2.24, 2.45) is 0 Å². The topological polar surface area (TPSA) is 56.8 Å². The van der Waals surface area contributed by atoms with Gasteiger partial charge in [-0.05, 0) is 55.7 Å². The van der Waals surface area contributed by atoms with E-state index in [4.69, 9.17) is 10.00 Å². The Hall–Kier alpha value is -2.78. The van der Waals surface area contributed by atoms with Gasteiger partial charge in [0.15, 0.2) is 0 Å². The zero-order valence-corrected chi connectivity index (χ0v) is 11.7. The van der Waals surface area contributed by atoms with Crippen molar-refractivity contribution in [3.8, 4) is 23.6 Å². The summed E-state index contributed by atoms with van der Waals surface area (Å²) >= 11 is 0. The lowest BCUT2D eigenvalue weighted by atomic mass is 10.1. The summed E-state index contributed by atoms with van der Waals surface area (Å²) in [6, 6.07) is 13.1. The van der Waals surface area contributed by atoms with Crippen LogP contribution < -0.4 is 4.74 Å². The van der Waals surface area contributed by atoms with E-state index in [2.05, 4.69) is 0 Å². The first-order valence-electron chi connectivity index (χ1n) is 6.25. The quantitative estimate of drug-likeness (QED) is 0.817. The number of nitriles is 2. The molecule has 2 aromatic rings. The van der Waals surface area contributed by atoms with E-state index in [1.165, 1.54) is 5.56 Å². The van der Waals surface area contributed by atoms with Crippen LogP contribution in [-0.2, 0) is 0 Å². The highest BCUT2D eigenvalue weighted by Gasteiger charge is 2.11. The molecule has 2 rings (SSSR count). The molecular formula is C17H14N2O. The molecule has 0 aromatic heterocycles. The molecule has 0 fully saturated rings. The maximum absolute atomic E-state index is 9.20. The summed E-state index contributed by atoms with van der Waals surface area (Å²) in [5, 5.41) is 18.2. The number of aryl methyl sites for hydroxylation is 3. The lowest BCUT2D eigenvalue weighted by Gasteiger charge is -2.12. The number of hydrogen-bond acceptors (Lipinski definition) is 3. The molecule has 0 heterocycles. The predicted octanol–water partition coefficient (Wildman–Crippen LogP) is 4.15. The third kappa shape index (κ3) is 2.48. The maximum Gasteiger partial charge on any atom is 0.146 e. The average molecular weight is 262 g/mol. The Morgan fingerprint density at radius 1 is 0.850 bits per heavy atom. The van der Waals surface area contributed by atoms with Gasteiger partial charge in [-0.3, -0.25) is 0 Å². The van der Waals surface area contributed by atoms with Crippen LogP contribution in [0, 0.1) is 43.4 Å². The Morgan fingerprint density at radius 2 is 1.55 bits per heavy atom. The van der Waals surface area contributed by atoms with Crippen LogP contribution in [0.2, 0.25) is 0 Å². The third-order valence-corrected chi connectivity index (χ3v) is 3.27. The van der Waals surface area contributed by atoms with Crippen LogP contribution in [0.25, 0.3) is 0 Å². The minimum absolute atomic E-state index is 0.271. The van der Waals surface area contributed by atoms with Gasteiger partial charge in [-0.15, -0.1) is 0 Å². The third-order valence-electron chi connectivity index (χ3n) is 3.27. The highest BCUT2D eigenvalue weighted by atomic mass is 16.5. The molecule has 0 saturated carbocycles. The summed E-state index contributed by atoms with van der Waals surface area (Å²) in [5.74, 6) is 1.12. The molecule has 2 aromatic carbocycles. The molecule has 98 valence electrons. The molecule has 0 amide bonds. The van der Waals surface area contributed by atoms with E-state index < -0.39 is 0 Å². The minimum atomic E-state index is 0.271. The van der Waals surface area contributed by atoms with Crippen molar-refractivity contribution < 1.29 is 4.74 Å². The van der Waals surface area contributed by atoms with Crippen molar-refractivity contribution in [1.82, 2.24) is 0 Å². The van der Waals surface area contributed by atoms with Crippen molar-refractivity contribution in [2.45, 2.75) is 20.8 Å². The molecular weight excluding hydrogens is 248 g/mol. The summed E-state index contributed by atoms with van der Waals surface area (Å²) in [4.78, 5) is 0. The molecule has 0 saturated heterocycles. The first-order chi connectivity index (χ1) is 9.56. The minimum Gasteiger partial charge on any atom is -0.456 e. The molecule has 0 atom stereocenters. The first kappa shape index (κ1) is 13.6. The van der Waals surface area contributed by atoms with Crippen LogP contribution in [0.3, 0.4) is 0 Å². The second kappa shape index (κ2) is 5.47. The van der Waals surface area contributed by atoms with Gasteiger partial charge in [0, 0.05) is 0 Å². The zero-order valence-electron chi connectivity index (χ0n) is 11.7. The van der Waals surface area contributed by atoms with Gasteiger partial charge in [-0.2, -0.15) is 10.5 Å². The SMILES string of the molecule is Cc1cc(C)c(Oc2cccc(C#N)c2C#N)cc1C. The molecule has 0 aliphatic heterocycles. The van der Waals surface area contributed by atoms with Gasteiger partial charge in [0.2, 0.25) is 0 Å². The summed E-state index contributed by atoms with van der Waals surface area (Å²) in [7, 11) is 0. The van der Waals surface area contributed by atoms with Crippen LogP contribution >= 0.6 is 0 Å². The largest absolute Gasteiger partial charge is 0.456 e. The van der Waals surface area contributed by atoms with Crippen LogP contribution in [0.4, 0.5) is 0 Å². The van der Waals surface area contributed by atoms with Crippen LogP contribution in [0.5, 0.6) is 11.5 Å². The van der Waals surface area contributed by atoms with Gasteiger partial charge < -0.3 is 4.74 Å². The Kier molecular flexibility index (Phi) is 3.73. The number of hydrogen-bond donors (Lipinski definition) is 0. The number of ether oxygens (including phenoxy) is 1. The molecule has 0 N–H and O–H groups in total. The fourth-order valence-corrected chi connectivity index (χ4v) is 1.99. The molecule has 0 spiro atoms. The smallest absolute Gasteiger partial charge is 0.146 e. The lowest BCUT2D eigenvalue weighted by molar-refractivity contribution is 0.476. The predicted molar refractivity (Wildman–Crippen MR) is 76.6 cm³/mol. The fourth-order valence-electron chi connectivity index (χ4n) is 1.99. The maximum atomic E-state index is 9.20. The summed E-state index contributed by atoms with van der Waals surface area (Å²) < 4.78 is 5.84. The van der Waals surface area contributed by atoms with Crippen LogP contribution in [0.15, 0.2) is 30.3 Å². The van der Waals surface area contributed by atoms with E-state index in [0.717, 1.165) is 11.1 Å². The number of nitrogens with zero attached hydrogens (tertiary/aromatic N) is 2. The van der Waals surface area contributed by atoms with Crippen molar-refractivity contribution >= 4 is 0 Å². The first-order valence-corrected chi connectivity index (χ1v) is 6.25. The number of rotatable bonds is 2. The normalized spacial score (nSPS) is 9.65. The molecule has 0 unspecified atom stereocenters. The van der Waals surface area contributed by atoms with E-state index in [9.17, 15) is 5.26 Å². The second-order valence-corrected chi connectivity index (χ2v) is 4.71. The highest BCUT2D eigenvalue weighted by molar-refractivity contribution is 5.55. The monoisotopic (exact) mass is 262 g/mol. The van der Waals surface area contributed by atoms with Crippen molar-refractivity contribution in [3.63, 3.8) is 0 Å². The van der Waals surface area contributed by atoms with Gasteiger partial charge in [0.1, 0.15) is 29.2 Å². The van der Waals surface area contributed by atoms with Crippen molar-refractivity contribution in [2.75, 3.05) is 0 Å². The Morgan fingerprint density at radius 3 is 2.20 bits per heavy atom. The average Bonchev–Trinajstić information content (AvgIpc) is 2.44. The highest BCUT2D eigenvalue weighted by Crippen LogP contribution is 2.30. The van der Waals surface area contributed by atoms with Gasteiger partial charge in [-0.1, -0.05) is 12.1 Å². The van der Waals surface area contributed by atoms with E-state index >= 15 is 0 Å². The van der Waals surface area contributed by atoms with E-state index in [-0.39, 0.29) is 5.56 Å².